The van der Waals surface area contributed by atoms with Crippen molar-refractivity contribution in [3.63, 3.8) is 0 Å². The molecular formula is C6H9ClN2O. The van der Waals surface area contributed by atoms with Gasteiger partial charge >= 0.3 is 0 Å². The molecule has 0 atom stereocenters. The average molecular weight is 161 g/mol. The zero-order chi connectivity index (χ0) is 6.69. The van der Waals surface area contributed by atoms with Gasteiger partial charge in [0.2, 0.25) is 0 Å². The van der Waals surface area contributed by atoms with Crippen LogP contribution in [0.25, 0.3) is 0 Å². The maximum atomic E-state index is 5.44. The van der Waals surface area contributed by atoms with Crippen LogP contribution in [-0.2, 0) is 0 Å². The first-order valence-corrected chi connectivity index (χ1v) is 2.58. The summed E-state index contributed by atoms with van der Waals surface area (Å²) >= 11 is 0. The number of halogens is 1. The van der Waals surface area contributed by atoms with Crippen LogP contribution in [0.1, 0.15) is 0 Å². The average Bonchev–Trinajstić information content (AvgIpc) is 1.89. The van der Waals surface area contributed by atoms with Gasteiger partial charge in [0, 0.05) is 12.3 Å². The number of ether oxygens (including phenoxy) is 1. The van der Waals surface area contributed by atoms with E-state index in [0.29, 0.717) is 11.4 Å². The Bertz CT molecular complexity index is 205. The Morgan fingerprint density at radius 1 is 1.60 bits per heavy atom. The van der Waals surface area contributed by atoms with Crippen LogP contribution < -0.4 is 10.5 Å². The van der Waals surface area contributed by atoms with Crippen LogP contribution in [0.5, 0.6) is 5.75 Å². The molecule has 3 nitrogen and oxygen atoms in total. The van der Waals surface area contributed by atoms with E-state index in [1.54, 1.807) is 25.6 Å². The monoisotopic (exact) mass is 160 g/mol. The fourth-order valence-corrected chi connectivity index (χ4v) is 0.580. The van der Waals surface area contributed by atoms with E-state index in [1.807, 2.05) is 0 Å². The molecule has 4 heteroatoms. The van der Waals surface area contributed by atoms with Gasteiger partial charge < -0.3 is 10.5 Å². The van der Waals surface area contributed by atoms with E-state index in [2.05, 4.69) is 4.98 Å². The highest BCUT2D eigenvalue weighted by molar-refractivity contribution is 5.85. The normalized spacial score (nSPS) is 8.10. The second-order valence-electron chi connectivity index (χ2n) is 1.62. The van der Waals surface area contributed by atoms with Gasteiger partial charge in [-0.25, -0.2) is 0 Å². The van der Waals surface area contributed by atoms with Gasteiger partial charge in [0.25, 0.3) is 0 Å². The molecule has 0 aliphatic heterocycles. The number of methoxy groups -OCH3 is 1. The molecule has 0 radical (unpaired) electrons. The topological polar surface area (TPSA) is 48.1 Å². The van der Waals surface area contributed by atoms with E-state index in [4.69, 9.17) is 10.5 Å². The predicted molar refractivity (Wildman–Crippen MR) is 42.4 cm³/mol. The summed E-state index contributed by atoms with van der Waals surface area (Å²) in [6, 6.07) is 1.72. The molecule has 0 amide bonds. The molecular weight excluding hydrogens is 152 g/mol. The van der Waals surface area contributed by atoms with E-state index in [1.165, 1.54) is 0 Å². The Morgan fingerprint density at radius 3 is 2.70 bits per heavy atom. The number of aromatic nitrogens is 1. The second kappa shape index (κ2) is 3.95. The van der Waals surface area contributed by atoms with Gasteiger partial charge in [0.05, 0.1) is 19.0 Å². The summed E-state index contributed by atoms with van der Waals surface area (Å²) in [6.45, 7) is 0. The van der Waals surface area contributed by atoms with Crippen LogP contribution >= 0.6 is 12.4 Å². The molecule has 0 aromatic carbocycles. The predicted octanol–water partition coefficient (Wildman–Crippen LogP) is 1.09. The van der Waals surface area contributed by atoms with E-state index < -0.39 is 0 Å². The van der Waals surface area contributed by atoms with Gasteiger partial charge in [0.15, 0.2) is 0 Å². The minimum Gasteiger partial charge on any atom is -0.494 e. The summed E-state index contributed by atoms with van der Waals surface area (Å²) in [5.74, 6) is 0.671. The first-order valence-electron chi connectivity index (χ1n) is 2.58. The molecule has 56 valence electrons. The zero-order valence-corrected chi connectivity index (χ0v) is 6.39. The first kappa shape index (κ1) is 9.04. The quantitative estimate of drug-likeness (QED) is 0.669. The largest absolute Gasteiger partial charge is 0.494 e. The van der Waals surface area contributed by atoms with Crippen molar-refractivity contribution in [1.82, 2.24) is 4.98 Å². The number of pyridine rings is 1. The van der Waals surface area contributed by atoms with Crippen LogP contribution in [0, 0.1) is 0 Å². The molecule has 0 aliphatic rings. The minimum atomic E-state index is 0. The SMILES string of the molecule is COc1ccncc1N.Cl. The number of rotatable bonds is 1. The fourth-order valence-electron chi connectivity index (χ4n) is 0.580. The van der Waals surface area contributed by atoms with Crippen LogP contribution in [-0.4, -0.2) is 12.1 Å². The van der Waals surface area contributed by atoms with Crippen molar-refractivity contribution in [2.45, 2.75) is 0 Å². The molecule has 10 heavy (non-hydrogen) atoms. The Balaban J connectivity index is 0.000000810. The van der Waals surface area contributed by atoms with Crippen LogP contribution in [0.2, 0.25) is 0 Å². The van der Waals surface area contributed by atoms with Gasteiger partial charge in [-0.15, -0.1) is 12.4 Å². The Morgan fingerprint density at radius 2 is 2.30 bits per heavy atom. The van der Waals surface area contributed by atoms with E-state index in [0.717, 1.165) is 0 Å². The van der Waals surface area contributed by atoms with E-state index in [-0.39, 0.29) is 12.4 Å². The van der Waals surface area contributed by atoms with Crippen LogP contribution in [0.3, 0.4) is 0 Å². The summed E-state index contributed by atoms with van der Waals surface area (Å²) in [7, 11) is 1.58. The molecule has 2 N–H and O–H groups in total. The first-order chi connectivity index (χ1) is 4.34. The van der Waals surface area contributed by atoms with Crippen molar-refractivity contribution in [2.24, 2.45) is 0 Å². The number of nitrogens with zero attached hydrogens (tertiary/aromatic N) is 1. The van der Waals surface area contributed by atoms with E-state index in [9.17, 15) is 0 Å². The molecule has 1 heterocycles. The zero-order valence-electron chi connectivity index (χ0n) is 5.57. The van der Waals surface area contributed by atoms with Gasteiger partial charge in [-0.3, -0.25) is 4.98 Å². The Kier molecular flexibility index (Phi) is 3.57. The lowest BCUT2D eigenvalue weighted by Crippen LogP contribution is -1.91. The summed E-state index contributed by atoms with van der Waals surface area (Å²) in [4.78, 5) is 3.79. The number of hydrogen-bond acceptors (Lipinski definition) is 3. The number of hydrogen-bond donors (Lipinski definition) is 1. The number of nitrogens with two attached hydrogens (primary N) is 1. The van der Waals surface area contributed by atoms with Gasteiger partial charge in [-0.05, 0) is 0 Å². The molecule has 0 saturated carbocycles. The molecule has 1 rings (SSSR count). The third-order valence-electron chi connectivity index (χ3n) is 1.03. The summed E-state index contributed by atoms with van der Waals surface area (Å²) < 4.78 is 4.88. The maximum absolute atomic E-state index is 5.44. The number of anilines is 1. The highest BCUT2D eigenvalue weighted by Gasteiger charge is 1.92. The maximum Gasteiger partial charge on any atom is 0.144 e. The molecule has 0 unspecified atom stereocenters. The highest BCUT2D eigenvalue weighted by atomic mass is 35.5. The summed E-state index contributed by atoms with van der Waals surface area (Å²) in [5, 5.41) is 0. The molecule has 0 aliphatic carbocycles. The van der Waals surface area contributed by atoms with Crippen molar-refractivity contribution < 1.29 is 4.74 Å². The summed E-state index contributed by atoms with van der Waals surface area (Å²) in [6.07, 6.45) is 3.19. The minimum absolute atomic E-state index is 0. The third kappa shape index (κ3) is 1.77. The fraction of sp³-hybridized carbons (Fsp3) is 0.167. The van der Waals surface area contributed by atoms with Gasteiger partial charge in [0.1, 0.15) is 5.75 Å². The van der Waals surface area contributed by atoms with E-state index >= 15 is 0 Å². The van der Waals surface area contributed by atoms with Crippen molar-refractivity contribution in [3.8, 4) is 5.75 Å². The van der Waals surface area contributed by atoms with Crippen molar-refractivity contribution >= 4 is 18.1 Å². The van der Waals surface area contributed by atoms with Crippen molar-refractivity contribution in [3.05, 3.63) is 18.5 Å². The molecule has 0 bridgehead atoms. The Labute approximate surface area is 65.6 Å². The van der Waals surface area contributed by atoms with Crippen molar-refractivity contribution in [1.29, 1.82) is 0 Å². The van der Waals surface area contributed by atoms with Crippen LogP contribution in [0.4, 0.5) is 5.69 Å². The molecule has 0 spiro atoms. The number of nitrogen functional groups attached to an aromatic ring is 1. The van der Waals surface area contributed by atoms with Gasteiger partial charge in [-0.2, -0.15) is 0 Å². The Hall–Kier alpha value is -0.960. The smallest absolute Gasteiger partial charge is 0.144 e. The van der Waals surface area contributed by atoms with Crippen LogP contribution in [0.15, 0.2) is 18.5 Å². The lowest BCUT2D eigenvalue weighted by atomic mass is 10.4. The lowest BCUT2D eigenvalue weighted by Gasteiger charge is -1.99. The van der Waals surface area contributed by atoms with Crippen molar-refractivity contribution in [2.75, 3.05) is 12.8 Å². The molecule has 0 fully saturated rings. The lowest BCUT2D eigenvalue weighted by molar-refractivity contribution is 0.416. The standard InChI is InChI=1S/C6H8N2O.ClH/c1-9-6-2-3-8-4-5(6)7;/h2-4H,7H2,1H3;1H. The highest BCUT2D eigenvalue weighted by Crippen LogP contribution is 2.16. The molecule has 1 aromatic rings. The second-order valence-corrected chi connectivity index (χ2v) is 1.62. The van der Waals surface area contributed by atoms with Gasteiger partial charge in [-0.1, -0.05) is 0 Å². The summed E-state index contributed by atoms with van der Waals surface area (Å²) in [5.41, 5.74) is 6.01. The molecule has 1 aromatic heterocycles. The molecule has 0 saturated heterocycles. The third-order valence-corrected chi connectivity index (χ3v) is 1.03.